The molecule has 1 N–H and O–H groups in total. The summed E-state index contributed by atoms with van der Waals surface area (Å²) in [5.41, 5.74) is 2.94. The van der Waals surface area contributed by atoms with Crippen LogP contribution in [0.3, 0.4) is 0 Å². The van der Waals surface area contributed by atoms with Crippen LogP contribution in [-0.4, -0.2) is 11.6 Å². The molecular weight excluding hydrogens is 354 g/mol. The van der Waals surface area contributed by atoms with E-state index in [1.807, 2.05) is 49.4 Å². The van der Waals surface area contributed by atoms with Crippen LogP contribution in [0.1, 0.15) is 12.5 Å². The molecule has 2 aromatic carbocycles. The molecule has 0 unspecified atom stereocenters. The number of anilines is 2. The number of nitriles is 1. The van der Waals surface area contributed by atoms with E-state index < -0.39 is 0 Å². The summed E-state index contributed by atoms with van der Waals surface area (Å²) >= 11 is 3.45. The smallest absolute Gasteiger partial charge is 0.121 e. The van der Waals surface area contributed by atoms with Crippen molar-refractivity contribution in [1.29, 1.82) is 5.26 Å². The van der Waals surface area contributed by atoms with Crippen LogP contribution in [0.2, 0.25) is 0 Å². The topological polar surface area (TPSA) is 57.9 Å². The number of hydrogen-bond acceptors (Lipinski definition) is 4. The van der Waals surface area contributed by atoms with Crippen molar-refractivity contribution in [2.24, 2.45) is 0 Å². The van der Waals surface area contributed by atoms with Gasteiger partial charge in [0.1, 0.15) is 11.8 Å². The maximum Gasteiger partial charge on any atom is 0.121 e. The summed E-state index contributed by atoms with van der Waals surface area (Å²) < 4.78 is 6.48. The average molecular weight is 368 g/mol. The maximum absolute atomic E-state index is 9.39. The van der Waals surface area contributed by atoms with E-state index in [0.717, 1.165) is 32.5 Å². The first-order valence-electron chi connectivity index (χ1n) is 7.19. The van der Waals surface area contributed by atoms with Crippen molar-refractivity contribution in [2.45, 2.75) is 6.92 Å². The molecule has 3 aromatic rings. The van der Waals surface area contributed by atoms with Gasteiger partial charge in [0.25, 0.3) is 0 Å². The Balaban J connectivity index is 2.11. The number of fused-ring (bicyclic) bond motifs is 1. The van der Waals surface area contributed by atoms with Crippen LogP contribution in [0.15, 0.2) is 53.1 Å². The number of hydrogen-bond donors (Lipinski definition) is 1. The van der Waals surface area contributed by atoms with Gasteiger partial charge in [-0.1, -0.05) is 22.0 Å². The van der Waals surface area contributed by atoms with E-state index in [9.17, 15) is 5.26 Å². The van der Waals surface area contributed by atoms with E-state index >= 15 is 0 Å². The van der Waals surface area contributed by atoms with Gasteiger partial charge in [0.05, 0.1) is 23.4 Å². The average Bonchev–Trinajstić information content (AvgIpc) is 2.55. The highest BCUT2D eigenvalue weighted by atomic mass is 79.9. The Labute approximate surface area is 142 Å². The number of nitrogens with one attached hydrogen (secondary N) is 1. The number of rotatable bonds is 4. The lowest BCUT2D eigenvalue weighted by Crippen LogP contribution is -1.97. The van der Waals surface area contributed by atoms with Crippen LogP contribution in [0.4, 0.5) is 11.4 Å². The largest absolute Gasteiger partial charge is 0.494 e. The number of ether oxygens (including phenoxy) is 1. The van der Waals surface area contributed by atoms with Crippen LogP contribution in [0.5, 0.6) is 5.75 Å². The first kappa shape index (κ1) is 15.3. The molecule has 0 aliphatic rings. The summed E-state index contributed by atoms with van der Waals surface area (Å²) in [4.78, 5) is 4.36. The van der Waals surface area contributed by atoms with Gasteiger partial charge in [-0.05, 0) is 37.3 Å². The predicted octanol–water partition coefficient (Wildman–Crippen LogP) is 5.01. The summed E-state index contributed by atoms with van der Waals surface area (Å²) in [6, 6.07) is 15.7. The lowest BCUT2D eigenvalue weighted by molar-refractivity contribution is 0.340. The molecule has 1 aromatic heterocycles. The fourth-order valence-corrected chi connectivity index (χ4v) is 2.76. The molecule has 0 amide bonds. The standard InChI is InChI=1S/C18H14BrN3O/c1-2-23-15-6-7-16-17(9-15)21-11-12(10-20)18(16)22-14-5-3-4-13(19)8-14/h3-9,11H,2H2,1H3,(H,21,22). The van der Waals surface area contributed by atoms with Crippen molar-refractivity contribution in [3.05, 3.63) is 58.7 Å². The summed E-state index contributed by atoms with van der Waals surface area (Å²) in [7, 11) is 0. The second kappa shape index (κ2) is 6.67. The third-order valence-electron chi connectivity index (χ3n) is 3.37. The molecule has 0 atom stereocenters. The monoisotopic (exact) mass is 367 g/mol. The lowest BCUT2D eigenvalue weighted by Gasteiger charge is -2.12. The molecule has 23 heavy (non-hydrogen) atoms. The first-order valence-corrected chi connectivity index (χ1v) is 7.99. The van der Waals surface area contributed by atoms with E-state index in [1.165, 1.54) is 0 Å². The van der Waals surface area contributed by atoms with Crippen molar-refractivity contribution in [3.63, 3.8) is 0 Å². The SMILES string of the molecule is CCOc1ccc2c(Nc3cccc(Br)c3)c(C#N)cnc2c1. The highest BCUT2D eigenvalue weighted by Gasteiger charge is 2.10. The van der Waals surface area contributed by atoms with Crippen molar-refractivity contribution in [2.75, 3.05) is 11.9 Å². The van der Waals surface area contributed by atoms with E-state index in [0.29, 0.717) is 12.2 Å². The quantitative estimate of drug-likeness (QED) is 0.703. The van der Waals surface area contributed by atoms with Gasteiger partial charge >= 0.3 is 0 Å². The minimum Gasteiger partial charge on any atom is -0.494 e. The van der Waals surface area contributed by atoms with Crippen LogP contribution in [0, 0.1) is 11.3 Å². The predicted molar refractivity (Wildman–Crippen MR) is 95.1 cm³/mol. The van der Waals surface area contributed by atoms with Gasteiger partial charge in [-0.15, -0.1) is 0 Å². The molecular formula is C18H14BrN3O. The van der Waals surface area contributed by atoms with Crippen molar-refractivity contribution in [3.8, 4) is 11.8 Å². The summed E-state index contributed by atoms with van der Waals surface area (Å²) in [5, 5.41) is 13.6. The molecule has 0 saturated carbocycles. The molecule has 4 nitrogen and oxygen atoms in total. The van der Waals surface area contributed by atoms with E-state index in [-0.39, 0.29) is 0 Å². The zero-order chi connectivity index (χ0) is 16.2. The van der Waals surface area contributed by atoms with Gasteiger partial charge in [-0.2, -0.15) is 5.26 Å². The number of halogens is 1. The number of pyridine rings is 1. The third-order valence-corrected chi connectivity index (χ3v) is 3.86. The molecule has 5 heteroatoms. The molecule has 114 valence electrons. The zero-order valence-corrected chi connectivity index (χ0v) is 14.1. The Kier molecular flexibility index (Phi) is 4.45. The van der Waals surface area contributed by atoms with Gasteiger partial charge in [0.15, 0.2) is 0 Å². The Hall–Kier alpha value is -2.58. The molecule has 0 fully saturated rings. The van der Waals surface area contributed by atoms with Crippen LogP contribution < -0.4 is 10.1 Å². The minimum atomic E-state index is 0.502. The van der Waals surface area contributed by atoms with Gasteiger partial charge in [0.2, 0.25) is 0 Å². The van der Waals surface area contributed by atoms with Crippen molar-refractivity contribution < 1.29 is 4.74 Å². The number of nitrogens with zero attached hydrogens (tertiary/aromatic N) is 2. The summed E-state index contributed by atoms with van der Waals surface area (Å²) in [5.74, 6) is 0.769. The normalized spacial score (nSPS) is 10.3. The fourth-order valence-electron chi connectivity index (χ4n) is 2.36. The summed E-state index contributed by atoms with van der Waals surface area (Å²) in [6.45, 7) is 2.54. The van der Waals surface area contributed by atoms with Crippen LogP contribution in [0.25, 0.3) is 10.9 Å². The minimum absolute atomic E-state index is 0.502. The van der Waals surface area contributed by atoms with Crippen molar-refractivity contribution in [1.82, 2.24) is 4.98 Å². The Morgan fingerprint density at radius 2 is 2.13 bits per heavy atom. The molecule has 3 rings (SSSR count). The lowest BCUT2D eigenvalue weighted by atomic mass is 10.1. The van der Waals surface area contributed by atoms with Gasteiger partial charge in [-0.25, -0.2) is 0 Å². The second-order valence-corrected chi connectivity index (χ2v) is 5.82. The van der Waals surface area contributed by atoms with Crippen LogP contribution >= 0.6 is 15.9 Å². The second-order valence-electron chi connectivity index (χ2n) is 4.91. The Morgan fingerprint density at radius 3 is 2.87 bits per heavy atom. The van der Waals surface area contributed by atoms with E-state index in [4.69, 9.17) is 4.74 Å². The molecule has 1 heterocycles. The van der Waals surface area contributed by atoms with Gasteiger partial charge in [0, 0.05) is 27.8 Å². The fraction of sp³-hybridized carbons (Fsp3) is 0.111. The zero-order valence-electron chi connectivity index (χ0n) is 12.5. The van der Waals surface area contributed by atoms with Crippen molar-refractivity contribution >= 4 is 38.2 Å². The molecule has 0 radical (unpaired) electrons. The number of benzene rings is 2. The number of aromatic nitrogens is 1. The highest BCUT2D eigenvalue weighted by Crippen LogP contribution is 2.31. The maximum atomic E-state index is 9.39. The Bertz CT molecular complexity index is 902. The van der Waals surface area contributed by atoms with Gasteiger partial charge < -0.3 is 10.1 Å². The molecule has 0 aliphatic carbocycles. The van der Waals surface area contributed by atoms with E-state index in [1.54, 1.807) is 6.20 Å². The highest BCUT2D eigenvalue weighted by molar-refractivity contribution is 9.10. The van der Waals surface area contributed by atoms with E-state index in [2.05, 4.69) is 32.3 Å². The Morgan fingerprint density at radius 1 is 1.26 bits per heavy atom. The third kappa shape index (κ3) is 3.27. The first-order chi connectivity index (χ1) is 11.2. The molecule has 0 spiro atoms. The molecule has 0 bridgehead atoms. The summed E-state index contributed by atoms with van der Waals surface area (Å²) in [6.07, 6.45) is 1.58. The molecule has 0 aliphatic heterocycles. The molecule has 0 saturated heterocycles. The van der Waals surface area contributed by atoms with Gasteiger partial charge in [-0.3, -0.25) is 4.98 Å². The van der Waals surface area contributed by atoms with Crippen LogP contribution in [-0.2, 0) is 0 Å².